The molecule has 0 unspecified atom stereocenters. The Hall–Kier alpha value is -1.29. The van der Waals surface area contributed by atoms with Crippen LogP contribution in [0.3, 0.4) is 0 Å². The van der Waals surface area contributed by atoms with Crippen molar-refractivity contribution in [1.29, 1.82) is 0 Å². The van der Waals surface area contributed by atoms with Gasteiger partial charge in [-0.05, 0) is 31.4 Å². The van der Waals surface area contributed by atoms with Gasteiger partial charge in [0.05, 0.1) is 13.2 Å². The monoisotopic (exact) mass is 253 g/mol. The van der Waals surface area contributed by atoms with Crippen LogP contribution in [0.25, 0.3) is 0 Å². The molecule has 0 aliphatic heterocycles. The van der Waals surface area contributed by atoms with Crippen LogP contribution in [0.4, 0.5) is 0 Å². The summed E-state index contributed by atoms with van der Waals surface area (Å²) in [7, 11) is 0. The molecule has 0 N–H and O–H groups in total. The van der Waals surface area contributed by atoms with Crippen LogP contribution in [0.5, 0.6) is 0 Å². The van der Waals surface area contributed by atoms with E-state index in [4.69, 9.17) is 9.47 Å². The summed E-state index contributed by atoms with van der Waals surface area (Å²) in [4.78, 5) is 11.8. The third-order valence-corrected chi connectivity index (χ3v) is 2.56. The fourth-order valence-corrected chi connectivity index (χ4v) is 1.73. The molecule has 0 spiro atoms. The zero-order valence-corrected chi connectivity index (χ0v) is 11.7. The van der Waals surface area contributed by atoms with Gasteiger partial charge in [0, 0.05) is 19.3 Å². The van der Waals surface area contributed by atoms with Crippen LogP contribution < -0.4 is 0 Å². The first-order chi connectivity index (χ1) is 8.56. The maximum absolute atomic E-state index is 11.8. The Morgan fingerprint density at radius 2 is 2.17 bits per heavy atom. The van der Waals surface area contributed by atoms with Crippen LogP contribution in [0.2, 0.25) is 0 Å². The molecule has 1 heterocycles. The van der Waals surface area contributed by atoms with Gasteiger partial charge < -0.3 is 14.0 Å². The minimum atomic E-state index is -0.260. The van der Waals surface area contributed by atoms with E-state index in [-0.39, 0.29) is 5.97 Å². The highest BCUT2D eigenvalue weighted by molar-refractivity contribution is 5.89. The number of aryl methyl sites for hydroxylation is 1. The molecule has 0 radical (unpaired) electrons. The Morgan fingerprint density at radius 1 is 1.44 bits per heavy atom. The van der Waals surface area contributed by atoms with Crippen molar-refractivity contribution in [2.45, 2.75) is 34.2 Å². The van der Waals surface area contributed by atoms with E-state index < -0.39 is 0 Å². The predicted molar refractivity (Wildman–Crippen MR) is 70.8 cm³/mol. The molecule has 0 bridgehead atoms. The van der Waals surface area contributed by atoms with E-state index in [1.807, 2.05) is 30.7 Å². The Bertz CT molecular complexity index is 382. The number of esters is 1. The van der Waals surface area contributed by atoms with Gasteiger partial charge >= 0.3 is 5.97 Å². The molecule has 0 amide bonds. The molecule has 4 heteroatoms. The van der Waals surface area contributed by atoms with Crippen molar-refractivity contribution < 1.29 is 14.3 Å². The van der Waals surface area contributed by atoms with Crippen LogP contribution in [0.1, 0.15) is 36.8 Å². The second kappa shape index (κ2) is 7.21. The summed E-state index contributed by atoms with van der Waals surface area (Å²) < 4.78 is 12.5. The van der Waals surface area contributed by atoms with E-state index in [0.717, 1.165) is 12.2 Å². The zero-order chi connectivity index (χ0) is 13.5. The summed E-state index contributed by atoms with van der Waals surface area (Å²) in [6.07, 6.45) is 1.90. The number of hydrogen-bond donors (Lipinski definition) is 0. The van der Waals surface area contributed by atoms with Crippen molar-refractivity contribution in [3.63, 3.8) is 0 Å². The van der Waals surface area contributed by atoms with Crippen molar-refractivity contribution in [3.05, 3.63) is 23.5 Å². The van der Waals surface area contributed by atoms with Crippen molar-refractivity contribution >= 4 is 5.97 Å². The molecule has 0 atom stereocenters. The SMILES string of the molecule is CCOC(=O)c1c(C)ccn1CCOCC(C)C. The van der Waals surface area contributed by atoms with Crippen LogP contribution in [-0.4, -0.2) is 30.4 Å². The average Bonchev–Trinajstić information content (AvgIpc) is 2.66. The normalized spacial score (nSPS) is 10.9. The molecule has 0 aliphatic carbocycles. The molecule has 0 aliphatic rings. The first-order valence-corrected chi connectivity index (χ1v) is 6.46. The predicted octanol–water partition coefficient (Wildman–Crippen LogP) is 2.65. The fourth-order valence-electron chi connectivity index (χ4n) is 1.73. The number of ether oxygens (including phenoxy) is 2. The summed E-state index contributed by atoms with van der Waals surface area (Å²) in [5, 5.41) is 0. The molecule has 0 aromatic carbocycles. The molecule has 1 aromatic rings. The van der Waals surface area contributed by atoms with Crippen LogP contribution in [-0.2, 0) is 16.0 Å². The highest BCUT2D eigenvalue weighted by atomic mass is 16.5. The minimum absolute atomic E-state index is 0.260. The molecule has 0 saturated heterocycles. The van der Waals surface area contributed by atoms with E-state index >= 15 is 0 Å². The quantitative estimate of drug-likeness (QED) is 0.554. The number of hydrogen-bond acceptors (Lipinski definition) is 3. The maximum Gasteiger partial charge on any atom is 0.355 e. The lowest BCUT2D eigenvalue weighted by molar-refractivity contribution is 0.0507. The number of aromatic nitrogens is 1. The van der Waals surface area contributed by atoms with Gasteiger partial charge in [0.25, 0.3) is 0 Å². The third-order valence-electron chi connectivity index (χ3n) is 2.56. The smallest absolute Gasteiger partial charge is 0.355 e. The second-order valence-electron chi connectivity index (χ2n) is 4.73. The summed E-state index contributed by atoms with van der Waals surface area (Å²) in [6.45, 7) is 10.4. The first kappa shape index (κ1) is 14.8. The average molecular weight is 253 g/mol. The van der Waals surface area contributed by atoms with Crippen molar-refractivity contribution in [2.75, 3.05) is 19.8 Å². The highest BCUT2D eigenvalue weighted by Crippen LogP contribution is 2.11. The van der Waals surface area contributed by atoms with Crippen LogP contribution in [0, 0.1) is 12.8 Å². The van der Waals surface area contributed by atoms with Crippen molar-refractivity contribution in [2.24, 2.45) is 5.92 Å². The summed E-state index contributed by atoms with van der Waals surface area (Å²) in [6, 6.07) is 1.93. The summed E-state index contributed by atoms with van der Waals surface area (Å²) in [5.41, 5.74) is 1.57. The van der Waals surface area contributed by atoms with Crippen LogP contribution in [0.15, 0.2) is 12.3 Å². The van der Waals surface area contributed by atoms with Gasteiger partial charge in [-0.1, -0.05) is 13.8 Å². The Labute approximate surface area is 109 Å². The van der Waals surface area contributed by atoms with Gasteiger partial charge in [0.2, 0.25) is 0 Å². The van der Waals surface area contributed by atoms with Crippen molar-refractivity contribution in [3.8, 4) is 0 Å². The Morgan fingerprint density at radius 3 is 2.78 bits per heavy atom. The van der Waals surface area contributed by atoms with Gasteiger partial charge in [-0.15, -0.1) is 0 Å². The van der Waals surface area contributed by atoms with E-state index in [0.29, 0.717) is 31.4 Å². The molecule has 0 fully saturated rings. The third kappa shape index (κ3) is 4.18. The molecule has 4 nitrogen and oxygen atoms in total. The number of nitrogens with zero attached hydrogens (tertiary/aromatic N) is 1. The largest absolute Gasteiger partial charge is 0.461 e. The van der Waals surface area contributed by atoms with E-state index in [9.17, 15) is 4.79 Å². The Kier molecular flexibility index (Phi) is 5.92. The minimum Gasteiger partial charge on any atom is -0.461 e. The van der Waals surface area contributed by atoms with E-state index in [2.05, 4.69) is 13.8 Å². The molecule has 102 valence electrons. The topological polar surface area (TPSA) is 40.5 Å². The highest BCUT2D eigenvalue weighted by Gasteiger charge is 2.15. The number of carbonyl (C=O) groups excluding carboxylic acids is 1. The number of carbonyl (C=O) groups is 1. The molecular formula is C14H23NO3. The molecule has 0 saturated carbocycles. The number of rotatable bonds is 7. The van der Waals surface area contributed by atoms with Gasteiger partial charge in [-0.3, -0.25) is 0 Å². The summed E-state index contributed by atoms with van der Waals surface area (Å²) >= 11 is 0. The Balaban J connectivity index is 2.58. The zero-order valence-electron chi connectivity index (χ0n) is 11.7. The lowest BCUT2D eigenvalue weighted by atomic mass is 10.2. The molecule has 18 heavy (non-hydrogen) atoms. The van der Waals surface area contributed by atoms with Gasteiger partial charge in [-0.2, -0.15) is 0 Å². The van der Waals surface area contributed by atoms with Gasteiger partial charge in [0.15, 0.2) is 0 Å². The fraction of sp³-hybridized carbons (Fsp3) is 0.643. The molecule has 1 aromatic heterocycles. The van der Waals surface area contributed by atoms with Crippen molar-refractivity contribution in [1.82, 2.24) is 4.57 Å². The second-order valence-corrected chi connectivity index (χ2v) is 4.73. The van der Waals surface area contributed by atoms with Crippen LogP contribution >= 0.6 is 0 Å². The van der Waals surface area contributed by atoms with E-state index in [1.54, 1.807) is 0 Å². The summed E-state index contributed by atoms with van der Waals surface area (Å²) in [5.74, 6) is 0.268. The van der Waals surface area contributed by atoms with E-state index in [1.165, 1.54) is 0 Å². The lowest BCUT2D eigenvalue weighted by Crippen LogP contribution is -2.16. The molecule has 1 rings (SSSR count). The van der Waals surface area contributed by atoms with Gasteiger partial charge in [-0.25, -0.2) is 4.79 Å². The lowest BCUT2D eigenvalue weighted by Gasteiger charge is -2.11. The first-order valence-electron chi connectivity index (χ1n) is 6.46. The molecular weight excluding hydrogens is 230 g/mol. The van der Waals surface area contributed by atoms with Gasteiger partial charge in [0.1, 0.15) is 5.69 Å². The maximum atomic E-state index is 11.8. The standard InChI is InChI=1S/C14H23NO3/c1-5-18-14(16)13-12(4)6-7-15(13)8-9-17-10-11(2)3/h6-7,11H,5,8-10H2,1-4H3.